The van der Waals surface area contributed by atoms with Gasteiger partial charge in [-0.3, -0.25) is 4.79 Å². The summed E-state index contributed by atoms with van der Waals surface area (Å²) in [4.78, 5) is 11.3. The average Bonchev–Trinajstić information content (AvgIpc) is 2.47. The summed E-state index contributed by atoms with van der Waals surface area (Å²) in [5, 5.41) is 2.84. The predicted molar refractivity (Wildman–Crippen MR) is 62.8 cm³/mol. The zero-order chi connectivity index (χ0) is 9.97. The van der Waals surface area contributed by atoms with Crippen molar-refractivity contribution in [2.45, 2.75) is 0 Å². The molecule has 1 fully saturated rings. The molecular weight excluding hydrogens is 214 g/mol. The van der Waals surface area contributed by atoms with E-state index < -0.39 is 0 Å². The first-order valence-corrected chi connectivity index (χ1v) is 5.28. The Morgan fingerprint density at radius 1 is 1.29 bits per heavy atom. The number of carbonyl (C=O) groups is 1. The van der Waals surface area contributed by atoms with Crippen LogP contribution in [-0.4, -0.2) is 9.44 Å². The van der Waals surface area contributed by atoms with Crippen LogP contribution < -0.4 is 5.32 Å². The van der Waals surface area contributed by atoms with Gasteiger partial charge in [0.1, 0.15) is 4.32 Å². The number of thioether (sulfide) groups is 1. The molecule has 2 rings (SSSR count). The maximum atomic E-state index is 11.3. The van der Waals surface area contributed by atoms with Crippen molar-refractivity contribution in [1.29, 1.82) is 0 Å². The minimum absolute atomic E-state index is 0.0150. The van der Waals surface area contributed by atoms with E-state index in [0.29, 0.717) is 10.0 Å². The summed E-state index contributed by atoms with van der Waals surface area (Å²) in [6.07, 6.45) is 1.80. The molecule has 1 aliphatic heterocycles. The highest BCUT2D eigenvalue weighted by Crippen LogP contribution is 2.20. The van der Waals surface area contributed by atoms with Crippen molar-refractivity contribution in [3.05, 3.63) is 41.6 Å². The van der Waals surface area contributed by atoms with Gasteiger partial charge in [-0.05, 0) is 23.4 Å². The van der Waals surface area contributed by atoms with Gasteiger partial charge in [-0.15, -0.1) is 0 Å². The van der Waals surface area contributed by atoms with Crippen LogP contribution >= 0.6 is 24.0 Å². The molecule has 1 heterocycles. The van der Waals surface area contributed by atoms with Gasteiger partial charge in [-0.2, -0.15) is 0 Å². The van der Waals surface area contributed by atoms with Crippen LogP contribution in [0.3, 0.4) is 0 Å². The lowest BCUT2D eigenvalue weighted by Crippen LogP contribution is -2.09. The third-order valence-electron chi connectivity index (χ3n) is 1.75. The summed E-state index contributed by atoms with van der Waals surface area (Å²) in [6, 6.07) is 9.67. The summed E-state index contributed by atoms with van der Waals surface area (Å²) in [5.41, 5.74) is 1.56. The van der Waals surface area contributed by atoms with Crippen LogP contribution in [0.25, 0.3) is 6.08 Å². The number of hydrogen-bond donors (Lipinski definition) is 1. The Bertz CT molecular complexity index is 411. The molecule has 0 unspecified atom stereocenters. The third-order valence-corrected chi connectivity index (χ3v) is 2.80. The molecule has 1 aromatic carbocycles. The van der Waals surface area contributed by atoms with Gasteiger partial charge in [0.25, 0.3) is 0 Å². The van der Waals surface area contributed by atoms with E-state index >= 15 is 0 Å². The molecule has 70 valence electrons. The van der Waals surface area contributed by atoms with Gasteiger partial charge in [0, 0.05) is 0 Å². The smallest absolute Gasteiger partial charge is 0.242 e. The molecule has 1 aliphatic rings. The van der Waals surface area contributed by atoms with Crippen molar-refractivity contribution in [3.63, 3.8) is 0 Å². The summed E-state index contributed by atoms with van der Waals surface area (Å²) in [6.45, 7) is 0. The number of nitrogens with one attached hydrogen (secondary N) is 1. The molecular formula is C10H7NOS2. The second kappa shape index (κ2) is 3.94. The zero-order valence-electron chi connectivity index (χ0n) is 7.19. The monoisotopic (exact) mass is 221 g/mol. The summed E-state index contributed by atoms with van der Waals surface area (Å²) in [5.74, 6) is 0. The Morgan fingerprint density at radius 2 is 2.00 bits per heavy atom. The molecule has 1 N–H and O–H groups in total. The van der Waals surface area contributed by atoms with Crippen LogP contribution in [0.4, 0.5) is 0 Å². The van der Waals surface area contributed by atoms with Crippen LogP contribution in [0, 0.1) is 0 Å². The van der Waals surface area contributed by atoms with Crippen LogP contribution in [0.5, 0.6) is 0 Å². The summed E-state index contributed by atoms with van der Waals surface area (Å²) < 4.78 is 0.525. The van der Waals surface area contributed by atoms with E-state index in [1.807, 2.05) is 30.3 Å². The molecule has 0 spiro atoms. The molecule has 1 aromatic rings. The standard InChI is InChI=1S/C10H7NOS2/c12-9-8(11-10(13)14-9)6-7-4-2-1-3-5-7/h1-6H,(H,11,13)/b8-6+. The molecule has 0 aromatic heterocycles. The van der Waals surface area contributed by atoms with E-state index in [1.165, 1.54) is 0 Å². The van der Waals surface area contributed by atoms with Gasteiger partial charge in [-0.1, -0.05) is 42.5 Å². The number of hydrogen-bond acceptors (Lipinski definition) is 3. The molecule has 1 saturated heterocycles. The number of benzene rings is 1. The largest absolute Gasteiger partial charge is 0.337 e. The molecule has 2 nitrogen and oxygen atoms in total. The Balaban J connectivity index is 2.28. The van der Waals surface area contributed by atoms with Gasteiger partial charge in [0.2, 0.25) is 5.12 Å². The highest BCUT2D eigenvalue weighted by Gasteiger charge is 2.21. The van der Waals surface area contributed by atoms with E-state index in [4.69, 9.17) is 12.2 Å². The topological polar surface area (TPSA) is 29.1 Å². The summed E-state index contributed by atoms with van der Waals surface area (Å²) >= 11 is 5.94. The van der Waals surface area contributed by atoms with Crippen molar-refractivity contribution < 1.29 is 4.79 Å². The molecule has 0 aliphatic carbocycles. The Kier molecular flexibility index (Phi) is 2.65. The van der Waals surface area contributed by atoms with Gasteiger partial charge in [0.15, 0.2) is 0 Å². The van der Waals surface area contributed by atoms with Crippen molar-refractivity contribution >= 4 is 39.5 Å². The van der Waals surface area contributed by atoms with E-state index in [2.05, 4.69) is 5.32 Å². The minimum atomic E-state index is -0.0150. The molecule has 4 heteroatoms. The van der Waals surface area contributed by atoms with Crippen molar-refractivity contribution in [2.24, 2.45) is 0 Å². The highest BCUT2D eigenvalue weighted by molar-refractivity contribution is 8.33. The number of rotatable bonds is 1. The van der Waals surface area contributed by atoms with Crippen LogP contribution in [0.15, 0.2) is 36.0 Å². The normalized spacial score (nSPS) is 18.7. The van der Waals surface area contributed by atoms with Crippen LogP contribution in [0.1, 0.15) is 5.56 Å². The zero-order valence-corrected chi connectivity index (χ0v) is 8.82. The molecule has 0 saturated carbocycles. The van der Waals surface area contributed by atoms with Crippen molar-refractivity contribution in [1.82, 2.24) is 5.32 Å². The van der Waals surface area contributed by atoms with Gasteiger partial charge >= 0.3 is 0 Å². The Morgan fingerprint density at radius 3 is 2.57 bits per heavy atom. The number of thiocarbonyl (C=S) groups is 1. The molecule has 0 radical (unpaired) electrons. The maximum absolute atomic E-state index is 11.3. The van der Waals surface area contributed by atoms with E-state index in [-0.39, 0.29) is 5.12 Å². The summed E-state index contributed by atoms with van der Waals surface area (Å²) in [7, 11) is 0. The van der Waals surface area contributed by atoms with Crippen molar-refractivity contribution in [3.8, 4) is 0 Å². The van der Waals surface area contributed by atoms with Crippen LogP contribution in [-0.2, 0) is 4.79 Å². The van der Waals surface area contributed by atoms with Gasteiger partial charge in [0.05, 0.1) is 5.70 Å². The first-order chi connectivity index (χ1) is 6.75. The maximum Gasteiger partial charge on any atom is 0.242 e. The average molecular weight is 221 g/mol. The van der Waals surface area contributed by atoms with Crippen molar-refractivity contribution in [2.75, 3.05) is 0 Å². The Labute approximate surface area is 91.4 Å². The molecule has 0 amide bonds. The lowest BCUT2D eigenvalue weighted by molar-refractivity contribution is -0.107. The third kappa shape index (κ3) is 2.02. The molecule has 0 bridgehead atoms. The highest BCUT2D eigenvalue weighted by atomic mass is 32.2. The van der Waals surface area contributed by atoms with E-state index in [0.717, 1.165) is 17.3 Å². The fourth-order valence-corrected chi connectivity index (χ4v) is 2.02. The SMILES string of the molecule is O=C1SC(=S)N/C1=C/c1ccccc1. The van der Waals surface area contributed by atoms with Gasteiger partial charge in [-0.25, -0.2) is 0 Å². The van der Waals surface area contributed by atoms with Gasteiger partial charge < -0.3 is 5.32 Å². The fraction of sp³-hybridized carbons (Fsp3) is 0. The van der Waals surface area contributed by atoms with E-state index in [1.54, 1.807) is 6.08 Å². The Hall–Kier alpha value is -1.13. The number of carbonyl (C=O) groups excluding carboxylic acids is 1. The molecule has 0 atom stereocenters. The lowest BCUT2D eigenvalue weighted by atomic mass is 10.2. The predicted octanol–water partition coefficient (Wildman–Crippen LogP) is 2.18. The first kappa shape index (κ1) is 9.43. The van der Waals surface area contributed by atoms with E-state index in [9.17, 15) is 4.79 Å². The van der Waals surface area contributed by atoms with Crippen LogP contribution in [0.2, 0.25) is 0 Å². The second-order valence-electron chi connectivity index (χ2n) is 2.77. The quantitative estimate of drug-likeness (QED) is 0.581. The molecule has 14 heavy (non-hydrogen) atoms. The lowest BCUT2D eigenvalue weighted by Gasteiger charge is -1.95. The second-order valence-corrected chi connectivity index (χ2v) is 4.42. The first-order valence-electron chi connectivity index (χ1n) is 4.05. The minimum Gasteiger partial charge on any atom is -0.337 e. The fourth-order valence-electron chi connectivity index (χ4n) is 1.14.